The molecule has 0 fully saturated rings. The van der Waals surface area contributed by atoms with Crippen LogP contribution in [-0.2, 0) is 0 Å². The minimum Gasteiger partial charge on any atom is -0.207 e. The first kappa shape index (κ1) is 28.5. The molecule has 0 radical (unpaired) electrons. The number of fused-ring (bicyclic) bond motifs is 6. The van der Waals surface area contributed by atoms with Gasteiger partial charge in [0.15, 0.2) is 0 Å². The van der Waals surface area contributed by atoms with Crippen LogP contribution in [0.4, 0.5) is 17.6 Å². The quantitative estimate of drug-likeness (QED) is 0.191. The highest BCUT2D eigenvalue weighted by Crippen LogP contribution is 2.56. The molecule has 5 aromatic carbocycles. The molecule has 218 valence electrons. The molecule has 2 atom stereocenters. The van der Waals surface area contributed by atoms with Crippen molar-refractivity contribution in [3.63, 3.8) is 0 Å². The van der Waals surface area contributed by atoms with Gasteiger partial charge in [-0.15, -0.1) is 0 Å². The molecule has 0 aliphatic heterocycles. The highest BCUT2D eigenvalue weighted by Gasteiger charge is 2.41. The summed E-state index contributed by atoms with van der Waals surface area (Å²) < 4.78 is 56.3. The molecule has 0 spiro atoms. The number of hydrogen-bond acceptors (Lipinski definition) is 4. The van der Waals surface area contributed by atoms with E-state index in [9.17, 15) is 38.6 Å². The third kappa shape index (κ3) is 4.40. The fraction of sp³-hybridized carbons (Fsp3) is 0.105. The van der Waals surface area contributed by atoms with Crippen LogP contribution in [0.15, 0.2) is 84.9 Å². The van der Waals surface area contributed by atoms with Crippen molar-refractivity contribution < 1.29 is 17.6 Å². The van der Waals surface area contributed by atoms with E-state index in [4.69, 9.17) is 0 Å². The maximum atomic E-state index is 14.1. The van der Waals surface area contributed by atoms with Crippen LogP contribution in [0.1, 0.15) is 34.1 Å². The van der Waals surface area contributed by atoms with Gasteiger partial charge in [-0.2, -0.15) is 21.0 Å². The zero-order valence-electron chi connectivity index (χ0n) is 23.7. The fourth-order valence-electron chi connectivity index (χ4n) is 6.95. The van der Waals surface area contributed by atoms with Crippen LogP contribution in [0.2, 0.25) is 0 Å². The van der Waals surface area contributed by atoms with Gasteiger partial charge in [-0.25, -0.2) is 17.6 Å². The molecule has 8 heteroatoms. The van der Waals surface area contributed by atoms with E-state index >= 15 is 0 Å². The largest absolute Gasteiger partial charge is 0.207 e. The summed E-state index contributed by atoms with van der Waals surface area (Å²) in [6.45, 7) is 0. The van der Waals surface area contributed by atoms with Crippen LogP contribution in [0, 0.1) is 80.4 Å². The lowest BCUT2D eigenvalue weighted by molar-refractivity contribution is 0.583. The fourth-order valence-corrected chi connectivity index (χ4v) is 6.95. The predicted molar refractivity (Wildman–Crippen MR) is 161 cm³/mol. The van der Waals surface area contributed by atoms with Gasteiger partial charge in [0.2, 0.25) is 0 Å². The predicted octanol–water partition coefficient (Wildman–Crippen LogP) is 9.13. The molecule has 0 aromatic heterocycles. The summed E-state index contributed by atoms with van der Waals surface area (Å²) in [7, 11) is 0. The van der Waals surface area contributed by atoms with E-state index in [1.165, 1.54) is 24.3 Å². The Labute approximate surface area is 261 Å². The molecule has 0 N–H and O–H groups in total. The van der Waals surface area contributed by atoms with Gasteiger partial charge in [-0.1, -0.05) is 24.3 Å². The zero-order valence-corrected chi connectivity index (χ0v) is 23.7. The van der Waals surface area contributed by atoms with Crippen molar-refractivity contribution in [1.29, 1.82) is 21.0 Å². The molecule has 2 aliphatic rings. The van der Waals surface area contributed by atoms with Gasteiger partial charge in [0.25, 0.3) is 0 Å². The SMILES string of the molecule is N#CC(C#N)C1c2cc(-c3cc(F)cc(F)c3)ccc2-c2cc3c(cc21)-c1ccc(-c2cc(F)cc(F)c2)cc1C3C(C#N)C#N. The van der Waals surface area contributed by atoms with Crippen molar-refractivity contribution in [2.45, 2.75) is 11.8 Å². The monoisotopic (exact) mass is 606 g/mol. The number of nitrogens with zero attached hydrogens (tertiary/aromatic N) is 4. The van der Waals surface area contributed by atoms with Crippen LogP contribution in [-0.4, -0.2) is 0 Å². The smallest absolute Gasteiger partial charge is 0.144 e. The molecule has 2 unspecified atom stereocenters. The second kappa shape index (κ2) is 10.7. The van der Waals surface area contributed by atoms with Crippen molar-refractivity contribution in [2.24, 2.45) is 11.8 Å². The summed E-state index contributed by atoms with van der Waals surface area (Å²) in [6.07, 6.45) is 0. The summed E-state index contributed by atoms with van der Waals surface area (Å²) in [5, 5.41) is 40.0. The van der Waals surface area contributed by atoms with E-state index in [-0.39, 0.29) is 0 Å². The van der Waals surface area contributed by atoms with Gasteiger partial charge < -0.3 is 0 Å². The van der Waals surface area contributed by atoms with Crippen molar-refractivity contribution in [1.82, 2.24) is 0 Å². The topological polar surface area (TPSA) is 95.2 Å². The molecule has 5 aromatic rings. The molecule has 7 rings (SSSR count). The van der Waals surface area contributed by atoms with Gasteiger partial charge in [-0.05, 0) is 115 Å². The van der Waals surface area contributed by atoms with Gasteiger partial charge in [-0.3, -0.25) is 0 Å². The number of halogens is 4. The Balaban J connectivity index is 1.44. The molecule has 0 bridgehead atoms. The highest BCUT2D eigenvalue weighted by atomic mass is 19.1. The average molecular weight is 607 g/mol. The van der Waals surface area contributed by atoms with Gasteiger partial charge in [0.1, 0.15) is 35.1 Å². The lowest BCUT2D eigenvalue weighted by atomic mass is 9.82. The number of rotatable bonds is 4. The van der Waals surface area contributed by atoms with E-state index in [0.717, 1.165) is 23.3 Å². The Morgan fingerprint density at radius 1 is 0.391 bits per heavy atom. The molecule has 0 heterocycles. The minimum atomic E-state index is -1.09. The normalized spacial score (nSPS) is 15.3. The average Bonchev–Trinajstić information content (AvgIpc) is 3.52. The van der Waals surface area contributed by atoms with E-state index in [1.54, 1.807) is 36.4 Å². The molecule has 0 saturated carbocycles. The van der Waals surface area contributed by atoms with Crippen molar-refractivity contribution in [2.75, 3.05) is 0 Å². The summed E-state index contributed by atoms with van der Waals surface area (Å²) >= 11 is 0. The van der Waals surface area contributed by atoms with E-state index in [0.29, 0.717) is 55.6 Å². The van der Waals surface area contributed by atoms with Crippen LogP contribution < -0.4 is 0 Å². The van der Waals surface area contributed by atoms with E-state index in [1.807, 2.05) is 12.1 Å². The van der Waals surface area contributed by atoms with Crippen LogP contribution >= 0.6 is 0 Å². The molecule has 0 saturated heterocycles. The van der Waals surface area contributed by atoms with E-state index < -0.39 is 46.9 Å². The van der Waals surface area contributed by atoms with Crippen LogP contribution in [0.3, 0.4) is 0 Å². The third-order valence-corrected chi connectivity index (χ3v) is 8.86. The summed E-state index contributed by atoms with van der Waals surface area (Å²) in [6, 6.07) is 29.0. The van der Waals surface area contributed by atoms with Crippen molar-refractivity contribution in [3.05, 3.63) is 130 Å². The maximum Gasteiger partial charge on any atom is 0.144 e. The maximum absolute atomic E-state index is 14.1. The summed E-state index contributed by atoms with van der Waals surface area (Å²) in [5.74, 6) is -6.52. The first-order valence-electron chi connectivity index (χ1n) is 14.2. The first-order chi connectivity index (χ1) is 22.2. The van der Waals surface area contributed by atoms with Crippen molar-refractivity contribution >= 4 is 0 Å². The Hall–Kier alpha value is -6.22. The molecular weight excluding hydrogens is 588 g/mol. The Kier molecular flexibility index (Phi) is 6.67. The van der Waals surface area contributed by atoms with Crippen LogP contribution in [0.5, 0.6) is 0 Å². The van der Waals surface area contributed by atoms with Gasteiger partial charge in [0, 0.05) is 24.0 Å². The lowest BCUT2D eigenvalue weighted by Gasteiger charge is -2.17. The number of hydrogen-bond donors (Lipinski definition) is 0. The summed E-state index contributed by atoms with van der Waals surface area (Å²) in [4.78, 5) is 0. The second-order valence-electron chi connectivity index (χ2n) is 11.4. The molecule has 2 aliphatic carbocycles. The Bertz CT molecular complexity index is 2070. The van der Waals surface area contributed by atoms with Gasteiger partial charge >= 0.3 is 0 Å². The third-order valence-electron chi connectivity index (χ3n) is 8.86. The standard InChI is InChI=1S/C38H18F4N4/c39-25-5-21(6-26(40)11-25)19-1-3-29-31-13-36-32(14-35(31)37(33(29)9-19)23(15-43)16-44)30-4-2-20(22-7-27(41)12-28(42)8-22)10-34(30)38(36)24(17-45)18-46/h1-14,23-24,37-38H. The Morgan fingerprint density at radius 3 is 1.04 bits per heavy atom. The second-order valence-corrected chi connectivity index (χ2v) is 11.4. The number of nitriles is 4. The van der Waals surface area contributed by atoms with Crippen LogP contribution in [0.25, 0.3) is 44.5 Å². The molecule has 46 heavy (non-hydrogen) atoms. The minimum absolute atomic E-state index is 0.303. The number of benzene rings is 5. The first-order valence-corrected chi connectivity index (χ1v) is 14.2. The van der Waals surface area contributed by atoms with Gasteiger partial charge in [0.05, 0.1) is 24.3 Å². The molecular formula is C38H18F4N4. The lowest BCUT2D eigenvalue weighted by Crippen LogP contribution is -2.10. The van der Waals surface area contributed by atoms with Crippen molar-refractivity contribution in [3.8, 4) is 68.8 Å². The molecule has 4 nitrogen and oxygen atoms in total. The summed E-state index contributed by atoms with van der Waals surface area (Å²) in [5.41, 5.74) is 7.16. The van der Waals surface area contributed by atoms with E-state index in [2.05, 4.69) is 24.3 Å². The zero-order chi connectivity index (χ0) is 32.3. The highest BCUT2D eigenvalue weighted by molar-refractivity contribution is 5.90. The molecule has 0 amide bonds. The Morgan fingerprint density at radius 2 is 0.717 bits per heavy atom.